The van der Waals surface area contributed by atoms with Gasteiger partial charge >= 0.3 is 0 Å². The highest BCUT2D eigenvalue weighted by molar-refractivity contribution is 7.92. The zero-order chi connectivity index (χ0) is 34.0. The van der Waals surface area contributed by atoms with Crippen LogP contribution in [0.2, 0.25) is 0 Å². The van der Waals surface area contributed by atoms with Crippen molar-refractivity contribution in [2.45, 2.75) is 71.0 Å². The molecule has 4 rings (SSSR count). The molecule has 0 spiro atoms. The van der Waals surface area contributed by atoms with Gasteiger partial charge in [0.05, 0.1) is 17.2 Å². The number of benzene rings is 4. The maximum Gasteiger partial charge on any atom is 0.264 e. The third kappa shape index (κ3) is 9.45. The minimum Gasteiger partial charge on any atom is -0.494 e. The van der Waals surface area contributed by atoms with E-state index in [-0.39, 0.29) is 29.8 Å². The zero-order valence-electron chi connectivity index (χ0n) is 27.8. The molecule has 47 heavy (non-hydrogen) atoms. The van der Waals surface area contributed by atoms with E-state index >= 15 is 0 Å². The Hall–Kier alpha value is -4.63. The molecule has 0 unspecified atom stereocenters. The summed E-state index contributed by atoms with van der Waals surface area (Å²) in [6.07, 6.45) is 0.977. The number of hydrogen-bond donors (Lipinski definition) is 1. The molecule has 2 atom stereocenters. The summed E-state index contributed by atoms with van der Waals surface area (Å²) in [7, 11) is -4.19. The molecule has 0 aromatic heterocycles. The molecule has 8 nitrogen and oxygen atoms in total. The number of rotatable bonds is 15. The molecule has 9 heteroatoms. The molecule has 2 amide bonds. The van der Waals surface area contributed by atoms with Gasteiger partial charge in [0.15, 0.2) is 0 Å². The molecule has 0 aliphatic carbocycles. The predicted octanol–water partition coefficient (Wildman–Crippen LogP) is 6.45. The van der Waals surface area contributed by atoms with Crippen LogP contribution < -0.4 is 14.4 Å². The maximum atomic E-state index is 14.6. The summed E-state index contributed by atoms with van der Waals surface area (Å²) in [6.45, 7) is 9.68. The van der Waals surface area contributed by atoms with E-state index in [1.54, 1.807) is 48.5 Å². The SMILES string of the molecule is CCOc1ccc(N(CC(=O)N(Cc2cccc(C)c2)[C@H](Cc2ccccc2)C(=O)N[C@@H](C)CC)S(=O)(=O)c2ccc(C)cc2)cc1. The van der Waals surface area contributed by atoms with Gasteiger partial charge in [-0.15, -0.1) is 0 Å². The van der Waals surface area contributed by atoms with Crippen molar-refractivity contribution >= 4 is 27.5 Å². The lowest BCUT2D eigenvalue weighted by atomic mass is 10.0. The van der Waals surface area contributed by atoms with Crippen LogP contribution in [0.1, 0.15) is 49.4 Å². The van der Waals surface area contributed by atoms with E-state index in [9.17, 15) is 18.0 Å². The molecule has 0 heterocycles. The molecular weight excluding hydrogens is 611 g/mol. The molecule has 4 aromatic rings. The fourth-order valence-electron chi connectivity index (χ4n) is 5.24. The van der Waals surface area contributed by atoms with E-state index in [1.807, 2.05) is 89.2 Å². The highest BCUT2D eigenvalue weighted by Gasteiger charge is 2.35. The van der Waals surface area contributed by atoms with Gasteiger partial charge in [0.1, 0.15) is 18.3 Å². The molecule has 0 radical (unpaired) electrons. The fraction of sp³-hybridized carbons (Fsp3) is 0.316. The second kappa shape index (κ2) is 16.3. The Morgan fingerprint density at radius 1 is 0.809 bits per heavy atom. The second-order valence-corrected chi connectivity index (χ2v) is 13.6. The van der Waals surface area contributed by atoms with Crippen LogP contribution in [-0.2, 0) is 32.6 Å². The van der Waals surface area contributed by atoms with Crippen molar-refractivity contribution in [3.05, 3.63) is 125 Å². The summed E-state index contributed by atoms with van der Waals surface area (Å²) in [4.78, 5) is 30.2. The highest BCUT2D eigenvalue weighted by atomic mass is 32.2. The van der Waals surface area contributed by atoms with Crippen molar-refractivity contribution in [2.24, 2.45) is 0 Å². The average molecular weight is 656 g/mol. The second-order valence-electron chi connectivity index (χ2n) is 11.8. The summed E-state index contributed by atoms with van der Waals surface area (Å²) < 4.78 is 35.2. The van der Waals surface area contributed by atoms with E-state index in [2.05, 4.69) is 5.32 Å². The Labute approximate surface area is 279 Å². The van der Waals surface area contributed by atoms with Gasteiger partial charge < -0.3 is 15.0 Å². The van der Waals surface area contributed by atoms with Gasteiger partial charge in [0, 0.05) is 19.0 Å². The maximum absolute atomic E-state index is 14.6. The summed E-state index contributed by atoms with van der Waals surface area (Å²) in [5.74, 6) is -0.213. The Bertz CT molecular complexity index is 1730. The summed E-state index contributed by atoms with van der Waals surface area (Å²) >= 11 is 0. The van der Waals surface area contributed by atoms with Crippen LogP contribution >= 0.6 is 0 Å². The van der Waals surface area contributed by atoms with Gasteiger partial charge in [-0.3, -0.25) is 13.9 Å². The van der Waals surface area contributed by atoms with Gasteiger partial charge in [0.2, 0.25) is 11.8 Å². The molecule has 4 aromatic carbocycles. The van der Waals surface area contributed by atoms with Gasteiger partial charge in [0.25, 0.3) is 10.0 Å². The van der Waals surface area contributed by atoms with Gasteiger partial charge in [-0.05, 0) is 81.6 Å². The normalized spacial score (nSPS) is 12.5. The molecule has 1 N–H and O–H groups in total. The van der Waals surface area contributed by atoms with Gasteiger partial charge in [-0.25, -0.2) is 8.42 Å². The number of nitrogens with one attached hydrogen (secondary N) is 1. The smallest absolute Gasteiger partial charge is 0.264 e. The van der Waals surface area contributed by atoms with Crippen molar-refractivity contribution < 1.29 is 22.7 Å². The predicted molar refractivity (Wildman–Crippen MR) is 187 cm³/mol. The Balaban J connectivity index is 1.81. The van der Waals surface area contributed by atoms with E-state index < -0.39 is 28.5 Å². The van der Waals surface area contributed by atoms with Crippen molar-refractivity contribution in [3.8, 4) is 5.75 Å². The van der Waals surface area contributed by atoms with Crippen LogP contribution in [0.25, 0.3) is 0 Å². The first-order valence-corrected chi connectivity index (χ1v) is 17.5. The van der Waals surface area contributed by atoms with Crippen molar-refractivity contribution in [1.82, 2.24) is 10.2 Å². The first-order chi connectivity index (χ1) is 22.5. The first kappa shape index (κ1) is 35.2. The summed E-state index contributed by atoms with van der Waals surface area (Å²) in [5.41, 5.74) is 3.95. The summed E-state index contributed by atoms with van der Waals surface area (Å²) in [5, 5.41) is 3.07. The van der Waals surface area contributed by atoms with E-state index in [0.29, 0.717) is 18.0 Å². The van der Waals surface area contributed by atoms with E-state index in [4.69, 9.17) is 4.74 Å². The number of anilines is 1. The van der Waals surface area contributed by atoms with Crippen LogP contribution in [0.4, 0.5) is 5.69 Å². The molecule has 0 saturated heterocycles. The fourth-order valence-corrected chi connectivity index (χ4v) is 6.66. The Morgan fingerprint density at radius 3 is 2.09 bits per heavy atom. The molecule has 0 saturated carbocycles. The third-order valence-electron chi connectivity index (χ3n) is 8.03. The van der Waals surface area contributed by atoms with Gasteiger partial charge in [-0.2, -0.15) is 0 Å². The third-order valence-corrected chi connectivity index (χ3v) is 9.82. The number of aryl methyl sites for hydroxylation is 2. The minimum absolute atomic E-state index is 0.0605. The van der Waals surface area contributed by atoms with E-state index in [1.165, 1.54) is 4.90 Å². The first-order valence-electron chi connectivity index (χ1n) is 16.0. The van der Waals surface area contributed by atoms with Crippen molar-refractivity contribution in [3.63, 3.8) is 0 Å². The standard InChI is InChI=1S/C38H45N3O5S/c1-6-30(5)39-38(43)36(25-31-13-9-8-10-14-31)40(26-32-15-11-12-29(4)24-32)37(42)27-41(33-18-20-34(21-19-33)46-7-2)47(44,45)35-22-16-28(3)17-23-35/h8-24,30,36H,6-7,25-27H2,1-5H3,(H,39,43)/t30-,36+/m0/s1. The van der Waals surface area contributed by atoms with Crippen molar-refractivity contribution in [2.75, 3.05) is 17.5 Å². The number of carbonyl (C=O) groups excluding carboxylic acids is 2. The van der Waals surface area contributed by atoms with E-state index in [0.717, 1.165) is 33.0 Å². The van der Waals surface area contributed by atoms with Crippen LogP contribution in [-0.4, -0.2) is 50.4 Å². The highest BCUT2D eigenvalue weighted by Crippen LogP contribution is 2.27. The molecule has 248 valence electrons. The number of amides is 2. The molecular formula is C38H45N3O5S. The topological polar surface area (TPSA) is 96.0 Å². The van der Waals surface area contributed by atoms with Gasteiger partial charge in [-0.1, -0.05) is 84.8 Å². The molecule has 0 aliphatic heterocycles. The minimum atomic E-state index is -4.19. The molecule has 0 bridgehead atoms. The quantitative estimate of drug-likeness (QED) is 0.159. The average Bonchev–Trinajstić information content (AvgIpc) is 3.06. The largest absolute Gasteiger partial charge is 0.494 e. The molecule has 0 fully saturated rings. The number of nitrogens with zero attached hydrogens (tertiary/aromatic N) is 2. The lowest BCUT2D eigenvalue weighted by molar-refractivity contribution is -0.140. The number of hydrogen-bond acceptors (Lipinski definition) is 5. The lowest BCUT2D eigenvalue weighted by Crippen LogP contribution is -2.54. The molecule has 0 aliphatic rings. The zero-order valence-corrected chi connectivity index (χ0v) is 28.7. The van der Waals surface area contributed by atoms with Crippen LogP contribution in [0, 0.1) is 13.8 Å². The number of ether oxygens (including phenoxy) is 1. The Morgan fingerprint density at radius 2 is 1.47 bits per heavy atom. The van der Waals surface area contributed by atoms with Crippen LogP contribution in [0.3, 0.4) is 0 Å². The van der Waals surface area contributed by atoms with Crippen molar-refractivity contribution in [1.29, 1.82) is 0 Å². The Kier molecular flexibility index (Phi) is 12.2. The van der Waals surface area contributed by atoms with Crippen LogP contribution in [0.5, 0.6) is 5.75 Å². The lowest BCUT2D eigenvalue weighted by Gasteiger charge is -2.34. The monoisotopic (exact) mass is 655 g/mol. The summed E-state index contributed by atoms with van der Waals surface area (Å²) in [6, 6.07) is 29.5. The number of sulfonamides is 1. The van der Waals surface area contributed by atoms with Crippen LogP contribution in [0.15, 0.2) is 108 Å². The number of carbonyl (C=O) groups is 2.